The number of aromatic nitrogens is 4. The molecule has 132 valence electrons. The molecule has 0 radical (unpaired) electrons. The highest BCUT2D eigenvalue weighted by molar-refractivity contribution is 5.50. The van der Waals surface area contributed by atoms with Gasteiger partial charge in [0.05, 0.1) is 0 Å². The third-order valence-electron chi connectivity index (χ3n) is 5.59. The summed E-state index contributed by atoms with van der Waals surface area (Å²) in [7, 11) is 2.14. The maximum absolute atomic E-state index is 4.67. The highest BCUT2D eigenvalue weighted by atomic mass is 15.2. The van der Waals surface area contributed by atoms with E-state index in [-0.39, 0.29) is 0 Å². The van der Waals surface area contributed by atoms with Crippen molar-refractivity contribution in [1.82, 2.24) is 19.9 Å². The van der Waals surface area contributed by atoms with Crippen LogP contribution in [-0.2, 0) is 12.8 Å². The zero-order chi connectivity index (χ0) is 17.1. The Morgan fingerprint density at radius 2 is 1.84 bits per heavy atom. The van der Waals surface area contributed by atoms with Gasteiger partial charge in [-0.15, -0.1) is 0 Å². The SMILES string of the molecule is CN(c1ccncn1)C1CCN(c2ncnc3c2CCCCC3)CC1. The van der Waals surface area contributed by atoms with E-state index in [1.54, 1.807) is 12.7 Å². The predicted octanol–water partition coefficient (Wildman–Crippen LogP) is 2.64. The van der Waals surface area contributed by atoms with Gasteiger partial charge in [0.2, 0.25) is 0 Å². The normalized spacial score (nSPS) is 18.5. The number of nitrogens with zero attached hydrogens (tertiary/aromatic N) is 6. The van der Waals surface area contributed by atoms with E-state index in [4.69, 9.17) is 0 Å². The Balaban J connectivity index is 1.46. The lowest BCUT2D eigenvalue weighted by Gasteiger charge is -2.38. The molecule has 1 fully saturated rings. The summed E-state index contributed by atoms with van der Waals surface area (Å²) in [6.07, 6.45) is 13.5. The summed E-state index contributed by atoms with van der Waals surface area (Å²) >= 11 is 0. The number of hydrogen-bond acceptors (Lipinski definition) is 6. The number of anilines is 2. The molecular formula is C19H26N6. The maximum atomic E-state index is 4.67. The van der Waals surface area contributed by atoms with Crippen molar-refractivity contribution in [2.45, 2.75) is 51.0 Å². The summed E-state index contributed by atoms with van der Waals surface area (Å²) in [6, 6.07) is 2.50. The number of aryl methyl sites for hydroxylation is 1. The second kappa shape index (κ2) is 7.33. The Labute approximate surface area is 149 Å². The average molecular weight is 338 g/mol. The van der Waals surface area contributed by atoms with E-state index in [1.807, 2.05) is 12.3 Å². The van der Waals surface area contributed by atoms with E-state index >= 15 is 0 Å². The molecule has 25 heavy (non-hydrogen) atoms. The minimum atomic E-state index is 0.520. The highest BCUT2D eigenvalue weighted by Gasteiger charge is 2.26. The molecule has 2 aromatic heterocycles. The first kappa shape index (κ1) is 16.2. The Kier molecular flexibility index (Phi) is 4.76. The number of hydrogen-bond donors (Lipinski definition) is 0. The van der Waals surface area contributed by atoms with Gasteiger partial charge in [-0.1, -0.05) is 6.42 Å². The molecule has 2 aliphatic rings. The van der Waals surface area contributed by atoms with E-state index < -0.39 is 0 Å². The van der Waals surface area contributed by atoms with E-state index in [9.17, 15) is 0 Å². The van der Waals surface area contributed by atoms with E-state index in [0.717, 1.165) is 44.6 Å². The second-order valence-electron chi connectivity index (χ2n) is 7.08. The van der Waals surface area contributed by atoms with Crippen LogP contribution in [0.4, 0.5) is 11.6 Å². The third kappa shape index (κ3) is 3.43. The van der Waals surface area contributed by atoms with Crippen LogP contribution in [0.2, 0.25) is 0 Å². The standard InChI is InChI=1S/C19H26N6/c1-24(18-7-10-20-13-22-18)15-8-11-25(12-9-15)19-16-5-3-2-4-6-17(16)21-14-23-19/h7,10,13-15H,2-6,8-9,11-12H2,1H3. The molecule has 6 heteroatoms. The molecule has 0 saturated carbocycles. The summed E-state index contributed by atoms with van der Waals surface area (Å²) in [5, 5.41) is 0. The van der Waals surface area contributed by atoms with Gasteiger partial charge in [-0.2, -0.15) is 0 Å². The molecule has 0 bridgehead atoms. The molecule has 1 aliphatic carbocycles. The van der Waals surface area contributed by atoms with Crippen LogP contribution >= 0.6 is 0 Å². The first-order chi connectivity index (χ1) is 12.3. The van der Waals surface area contributed by atoms with Crippen molar-refractivity contribution in [2.24, 2.45) is 0 Å². The molecule has 0 amide bonds. The largest absolute Gasteiger partial charge is 0.356 e. The van der Waals surface area contributed by atoms with Crippen LogP contribution in [0, 0.1) is 0 Å². The molecule has 0 N–H and O–H groups in total. The smallest absolute Gasteiger partial charge is 0.135 e. The van der Waals surface area contributed by atoms with Crippen LogP contribution in [-0.4, -0.2) is 46.1 Å². The molecule has 4 rings (SSSR count). The van der Waals surface area contributed by atoms with Crippen molar-refractivity contribution < 1.29 is 0 Å². The van der Waals surface area contributed by atoms with Gasteiger partial charge in [0.15, 0.2) is 0 Å². The van der Waals surface area contributed by atoms with E-state index in [2.05, 4.69) is 36.8 Å². The van der Waals surface area contributed by atoms with Crippen LogP contribution < -0.4 is 9.80 Å². The molecule has 2 aromatic rings. The van der Waals surface area contributed by atoms with Crippen molar-refractivity contribution in [3.63, 3.8) is 0 Å². The van der Waals surface area contributed by atoms with Crippen LogP contribution in [0.25, 0.3) is 0 Å². The summed E-state index contributed by atoms with van der Waals surface area (Å²) in [5.74, 6) is 2.19. The molecule has 0 aromatic carbocycles. The van der Waals surface area contributed by atoms with Gasteiger partial charge in [-0.3, -0.25) is 0 Å². The molecular weight excluding hydrogens is 312 g/mol. The molecule has 0 unspecified atom stereocenters. The van der Waals surface area contributed by atoms with Gasteiger partial charge >= 0.3 is 0 Å². The van der Waals surface area contributed by atoms with Gasteiger partial charge in [0, 0.05) is 43.6 Å². The first-order valence-electron chi connectivity index (χ1n) is 9.39. The van der Waals surface area contributed by atoms with Gasteiger partial charge in [0.1, 0.15) is 24.3 Å². The molecule has 3 heterocycles. The van der Waals surface area contributed by atoms with Crippen molar-refractivity contribution >= 4 is 11.6 Å². The summed E-state index contributed by atoms with van der Waals surface area (Å²) in [6.45, 7) is 2.09. The Morgan fingerprint density at radius 1 is 1.00 bits per heavy atom. The second-order valence-corrected chi connectivity index (χ2v) is 7.08. The molecule has 1 saturated heterocycles. The highest BCUT2D eigenvalue weighted by Crippen LogP contribution is 2.29. The summed E-state index contributed by atoms with van der Waals surface area (Å²) in [4.78, 5) is 22.4. The average Bonchev–Trinajstić information content (AvgIpc) is 2.94. The Hall–Kier alpha value is -2.24. The minimum absolute atomic E-state index is 0.520. The lowest BCUT2D eigenvalue weighted by molar-refractivity contribution is 0.476. The third-order valence-corrected chi connectivity index (χ3v) is 5.59. The molecule has 6 nitrogen and oxygen atoms in total. The number of piperidine rings is 1. The van der Waals surface area contributed by atoms with Crippen LogP contribution in [0.1, 0.15) is 43.4 Å². The molecule has 0 spiro atoms. The summed E-state index contributed by atoms with van der Waals surface area (Å²) < 4.78 is 0. The minimum Gasteiger partial charge on any atom is -0.356 e. The fourth-order valence-electron chi connectivity index (χ4n) is 4.10. The topological polar surface area (TPSA) is 58.0 Å². The number of rotatable bonds is 3. The fraction of sp³-hybridized carbons (Fsp3) is 0.579. The van der Waals surface area contributed by atoms with Gasteiger partial charge in [0.25, 0.3) is 0 Å². The van der Waals surface area contributed by atoms with Gasteiger partial charge in [-0.05, 0) is 44.6 Å². The zero-order valence-electron chi connectivity index (χ0n) is 14.9. The monoisotopic (exact) mass is 338 g/mol. The van der Waals surface area contributed by atoms with Crippen molar-refractivity contribution in [2.75, 3.05) is 29.9 Å². The maximum Gasteiger partial charge on any atom is 0.135 e. The van der Waals surface area contributed by atoms with E-state index in [1.165, 1.54) is 36.3 Å². The molecule has 1 aliphatic heterocycles. The Bertz CT molecular complexity index is 696. The summed E-state index contributed by atoms with van der Waals surface area (Å²) in [5.41, 5.74) is 2.69. The quantitative estimate of drug-likeness (QED) is 0.802. The van der Waals surface area contributed by atoms with Gasteiger partial charge < -0.3 is 9.80 Å². The number of fused-ring (bicyclic) bond motifs is 1. The van der Waals surface area contributed by atoms with Crippen molar-refractivity contribution in [1.29, 1.82) is 0 Å². The van der Waals surface area contributed by atoms with Gasteiger partial charge in [-0.25, -0.2) is 19.9 Å². The van der Waals surface area contributed by atoms with Crippen LogP contribution in [0.15, 0.2) is 24.9 Å². The fourth-order valence-corrected chi connectivity index (χ4v) is 4.10. The Morgan fingerprint density at radius 3 is 2.64 bits per heavy atom. The van der Waals surface area contributed by atoms with Crippen molar-refractivity contribution in [3.05, 3.63) is 36.2 Å². The zero-order valence-corrected chi connectivity index (χ0v) is 14.9. The lowest BCUT2D eigenvalue weighted by atomic mass is 10.0. The molecule has 0 atom stereocenters. The van der Waals surface area contributed by atoms with Crippen LogP contribution in [0.5, 0.6) is 0 Å². The lowest BCUT2D eigenvalue weighted by Crippen LogP contribution is -2.44. The first-order valence-corrected chi connectivity index (χ1v) is 9.39. The van der Waals surface area contributed by atoms with Crippen LogP contribution in [0.3, 0.4) is 0 Å². The van der Waals surface area contributed by atoms with E-state index in [0.29, 0.717) is 6.04 Å². The predicted molar refractivity (Wildman–Crippen MR) is 99.0 cm³/mol. The van der Waals surface area contributed by atoms with Crippen molar-refractivity contribution in [3.8, 4) is 0 Å².